The molecule has 0 unspecified atom stereocenters. The molecule has 1 aromatic rings. The van der Waals surface area contributed by atoms with E-state index in [1.54, 1.807) is 32.8 Å². The lowest BCUT2D eigenvalue weighted by Gasteiger charge is -2.42. The Bertz CT molecular complexity index is 1060. The van der Waals surface area contributed by atoms with Crippen molar-refractivity contribution in [1.82, 2.24) is 14.8 Å². The van der Waals surface area contributed by atoms with Gasteiger partial charge in [-0.1, -0.05) is 13.8 Å². The van der Waals surface area contributed by atoms with Gasteiger partial charge < -0.3 is 30.3 Å². The molecule has 1 aliphatic heterocycles. The van der Waals surface area contributed by atoms with E-state index in [9.17, 15) is 14.4 Å². The second-order valence-corrected chi connectivity index (χ2v) is 12.8. The minimum absolute atomic E-state index is 0.161. The van der Waals surface area contributed by atoms with Crippen LogP contribution in [0.1, 0.15) is 88.7 Å². The quantitative estimate of drug-likeness (QED) is 0.485. The first-order valence-electron chi connectivity index (χ1n) is 14.2. The molecule has 2 heterocycles. The number of primary amides is 1. The Morgan fingerprint density at radius 1 is 1.18 bits per heavy atom. The highest BCUT2D eigenvalue weighted by Gasteiger charge is 2.40. The zero-order valence-electron chi connectivity index (χ0n) is 24.2. The van der Waals surface area contributed by atoms with Crippen LogP contribution in [0, 0.1) is 11.8 Å². The number of hydrogen-bond acceptors (Lipinski definition) is 7. The van der Waals surface area contributed by atoms with Gasteiger partial charge in [-0.25, -0.2) is 9.78 Å². The molecule has 4 rings (SSSR count). The highest BCUT2D eigenvalue weighted by molar-refractivity contribution is 5.98. The number of methoxy groups -OCH3 is 1. The molecule has 1 aromatic heterocycles. The van der Waals surface area contributed by atoms with Crippen molar-refractivity contribution in [3.8, 4) is 0 Å². The molecule has 39 heavy (non-hydrogen) atoms. The lowest BCUT2D eigenvalue weighted by molar-refractivity contribution is -0.124. The third-order valence-corrected chi connectivity index (χ3v) is 7.69. The summed E-state index contributed by atoms with van der Waals surface area (Å²) in [5.41, 5.74) is 7.30. The molecule has 216 valence electrons. The number of pyridine rings is 1. The molecule has 0 aromatic carbocycles. The maximum atomic E-state index is 14.2. The fourth-order valence-electron chi connectivity index (χ4n) is 5.40. The van der Waals surface area contributed by atoms with E-state index in [0.717, 1.165) is 36.9 Å². The molecule has 3 N–H and O–H groups in total. The first kappa shape index (κ1) is 29.1. The van der Waals surface area contributed by atoms with Crippen LogP contribution < -0.4 is 11.1 Å². The van der Waals surface area contributed by atoms with Crippen molar-refractivity contribution in [3.63, 3.8) is 0 Å². The molecular formula is C29H45N5O5. The maximum absolute atomic E-state index is 14.2. The average molecular weight is 544 g/mol. The van der Waals surface area contributed by atoms with E-state index in [1.807, 2.05) is 20.0 Å². The van der Waals surface area contributed by atoms with Crippen molar-refractivity contribution in [2.24, 2.45) is 17.6 Å². The number of carbonyl (C=O) groups excluding carboxylic acids is 3. The standard InChI is InChI=1S/C29H45N5O5/c1-17(2)14-34(22-9-20(26(30)35)15-33(16-22)28(37)39-29(3,4)5)27(36)25-24(32-21-11-23(12-21)38-6)10-19(13-31-25)18-7-8-18/h10,13,17-18,20-23,32H,7-9,11-12,14-16H2,1-6H3,(H2,30,35)/t20-,21?,22+,23?/m1/s1. The van der Waals surface area contributed by atoms with Gasteiger partial charge in [0.25, 0.3) is 5.91 Å². The van der Waals surface area contributed by atoms with E-state index in [-0.39, 0.29) is 37.1 Å². The van der Waals surface area contributed by atoms with Gasteiger partial charge in [0.2, 0.25) is 5.91 Å². The number of carbonyl (C=O) groups is 3. The largest absolute Gasteiger partial charge is 0.444 e. The number of anilines is 1. The Morgan fingerprint density at radius 2 is 1.87 bits per heavy atom. The van der Waals surface area contributed by atoms with Gasteiger partial charge in [0.15, 0.2) is 5.69 Å². The van der Waals surface area contributed by atoms with Crippen molar-refractivity contribution in [2.75, 3.05) is 32.1 Å². The van der Waals surface area contributed by atoms with Gasteiger partial charge in [-0.05, 0) is 76.3 Å². The van der Waals surface area contributed by atoms with E-state index < -0.39 is 29.6 Å². The molecule has 3 fully saturated rings. The summed E-state index contributed by atoms with van der Waals surface area (Å²) < 4.78 is 11.0. The van der Waals surface area contributed by atoms with Crippen LogP contribution in [0.15, 0.2) is 12.3 Å². The Hall–Kier alpha value is -2.88. The number of rotatable bonds is 9. The van der Waals surface area contributed by atoms with Crippen LogP contribution >= 0.6 is 0 Å². The lowest BCUT2D eigenvalue weighted by atomic mass is 9.89. The molecule has 2 aliphatic carbocycles. The predicted molar refractivity (Wildman–Crippen MR) is 148 cm³/mol. The molecule has 3 amide bonds. The van der Waals surface area contributed by atoms with Gasteiger partial charge in [0.1, 0.15) is 5.60 Å². The topological polar surface area (TPSA) is 127 Å². The first-order chi connectivity index (χ1) is 18.3. The maximum Gasteiger partial charge on any atom is 0.410 e. The molecule has 0 radical (unpaired) electrons. The SMILES string of the molecule is COC1CC(Nc2cc(C3CC3)cnc2C(=O)N(CC(C)C)[C@H]2C[C@@H](C(N)=O)CN(C(=O)OC(C)(C)C)C2)C1. The summed E-state index contributed by atoms with van der Waals surface area (Å²) in [6.45, 7) is 10.4. The number of aromatic nitrogens is 1. The minimum atomic E-state index is -0.684. The van der Waals surface area contributed by atoms with Crippen LogP contribution in [0.3, 0.4) is 0 Å². The summed E-state index contributed by atoms with van der Waals surface area (Å²) in [5.74, 6) is -0.622. The number of nitrogens with one attached hydrogen (secondary N) is 1. The van der Waals surface area contributed by atoms with Crippen LogP contribution in [-0.2, 0) is 14.3 Å². The summed E-state index contributed by atoms with van der Waals surface area (Å²) in [6.07, 6.45) is 5.95. The van der Waals surface area contributed by atoms with Crippen LogP contribution in [0.5, 0.6) is 0 Å². The summed E-state index contributed by atoms with van der Waals surface area (Å²) in [4.78, 5) is 47.5. The van der Waals surface area contributed by atoms with Gasteiger partial charge in [0.05, 0.1) is 23.8 Å². The number of ether oxygens (including phenoxy) is 2. The minimum Gasteiger partial charge on any atom is -0.444 e. The zero-order valence-corrected chi connectivity index (χ0v) is 24.2. The van der Waals surface area contributed by atoms with Crippen molar-refractivity contribution in [2.45, 2.75) is 96.4 Å². The number of amides is 3. The van der Waals surface area contributed by atoms with Gasteiger partial charge in [0, 0.05) is 39.0 Å². The van der Waals surface area contributed by atoms with E-state index in [2.05, 4.69) is 16.4 Å². The molecule has 0 bridgehead atoms. The molecule has 10 heteroatoms. The van der Waals surface area contributed by atoms with Crippen LogP contribution in [-0.4, -0.2) is 83.2 Å². The van der Waals surface area contributed by atoms with Crippen molar-refractivity contribution in [1.29, 1.82) is 0 Å². The normalized spacial score (nSPS) is 25.2. The fraction of sp³-hybridized carbons (Fsp3) is 0.724. The summed E-state index contributed by atoms with van der Waals surface area (Å²) in [7, 11) is 1.72. The van der Waals surface area contributed by atoms with E-state index in [4.69, 9.17) is 15.2 Å². The van der Waals surface area contributed by atoms with Gasteiger partial charge in [-0.2, -0.15) is 0 Å². The molecule has 10 nitrogen and oxygen atoms in total. The van der Waals surface area contributed by atoms with Crippen molar-refractivity contribution < 1.29 is 23.9 Å². The van der Waals surface area contributed by atoms with E-state index >= 15 is 0 Å². The van der Waals surface area contributed by atoms with Gasteiger partial charge in [-0.15, -0.1) is 0 Å². The van der Waals surface area contributed by atoms with Crippen LogP contribution in [0.2, 0.25) is 0 Å². The summed E-state index contributed by atoms with van der Waals surface area (Å²) in [6, 6.07) is 1.89. The molecule has 3 aliphatic rings. The smallest absolute Gasteiger partial charge is 0.410 e. The summed E-state index contributed by atoms with van der Waals surface area (Å²) in [5, 5.41) is 3.56. The third-order valence-electron chi connectivity index (χ3n) is 7.69. The van der Waals surface area contributed by atoms with E-state index in [1.165, 1.54) is 4.90 Å². The Morgan fingerprint density at radius 3 is 2.44 bits per heavy atom. The molecule has 2 saturated carbocycles. The molecule has 1 saturated heterocycles. The number of likely N-dealkylation sites (tertiary alicyclic amines) is 1. The van der Waals surface area contributed by atoms with Gasteiger partial charge >= 0.3 is 6.09 Å². The average Bonchev–Trinajstić information content (AvgIpc) is 3.68. The summed E-state index contributed by atoms with van der Waals surface area (Å²) >= 11 is 0. The number of nitrogens with zero attached hydrogens (tertiary/aromatic N) is 3. The van der Waals surface area contributed by atoms with Gasteiger partial charge in [-0.3, -0.25) is 9.59 Å². The molecular weight excluding hydrogens is 498 g/mol. The highest BCUT2D eigenvalue weighted by atomic mass is 16.6. The predicted octanol–water partition coefficient (Wildman–Crippen LogP) is 3.76. The number of piperidine rings is 1. The number of hydrogen-bond donors (Lipinski definition) is 2. The molecule has 2 atom stereocenters. The Kier molecular flexibility index (Phi) is 8.73. The number of nitrogens with two attached hydrogens (primary N) is 1. The first-order valence-corrected chi connectivity index (χ1v) is 14.2. The monoisotopic (exact) mass is 543 g/mol. The van der Waals surface area contributed by atoms with Crippen molar-refractivity contribution in [3.05, 3.63) is 23.5 Å². The second kappa shape index (κ2) is 11.7. The zero-order chi connectivity index (χ0) is 28.5. The third kappa shape index (κ3) is 7.41. The highest BCUT2D eigenvalue weighted by Crippen LogP contribution is 2.41. The van der Waals surface area contributed by atoms with Crippen LogP contribution in [0.25, 0.3) is 0 Å². The Balaban J connectivity index is 1.62. The van der Waals surface area contributed by atoms with Crippen molar-refractivity contribution >= 4 is 23.6 Å². The second-order valence-electron chi connectivity index (χ2n) is 12.8. The lowest BCUT2D eigenvalue weighted by Crippen LogP contribution is -2.57. The van der Waals surface area contributed by atoms with E-state index in [0.29, 0.717) is 24.6 Å². The molecule has 0 spiro atoms. The fourth-order valence-corrected chi connectivity index (χ4v) is 5.40. The van der Waals surface area contributed by atoms with Crippen LogP contribution in [0.4, 0.5) is 10.5 Å². The Labute approximate surface area is 232 Å².